The Balaban J connectivity index is 0.983. The lowest BCUT2D eigenvalue weighted by atomic mass is 9.51. The fourth-order valence-corrected chi connectivity index (χ4v) is 12.0. The number of amides is 2. The highest BCUT2D eigenvalue weighted by atomic mass is 32.2. The standard InChI is InChI=1S/C46H61N3O7S/c1-6-31(2)27-49(44(51)55-29-35-15-11-8-12-16-35)42-30-56-46(33(42)4)22-20-38-39-18-17-37-23-36(19-21-45(37,5)41(39)24-40(38)32(3)25-46)26-47-57(52,53)48-43(50)54-28-34-13-9-7-10-14-34/h7-16,31,33,36-39,41-42H,6,17-25,27-30H2,1-5H3/p+1/t31-,33+,36?,37+,38-,39-,41-,42+,45-,46-/m0/s1. The number of rotatable bonds is 9. The average Bonchev–Trinajstić information content (AvgIpc) is 3.70. The molecule has 4 aliphatic carbocycles. The van der Waals surface area contributed by atoms with Crippen molar-refractivity contribution in [2.45, 2.75) is 124 Å². The van der Waals surface area contributed by atoms with Crippen LogP contribution in [0.5, 0.6) is 0 Å². The maximum absolute atomic E-state index is 13.8. The van der Waals surface area contributed by atoms with E-state index in [1.54, 1.807) is 17.7 Å². The summed E-state index contributed by atoms with van der Waals surface area (Å²) in [6, 6.07) is 21.9. The monoisotopic (exact) mass is 800 g/mol. The van der Waals surface area contributed by atoms with E-state index in [4.69, 9.17) is 14.2 Å². The summed E-state index contributed by atoms with van der Waals surface area (Å²) in [6.45, 7) is 12.9. The molecule has 1 unspecified atom stereocenters. The zero-order valence-corrected chi connectivity index (χ0v) is 35.3. The zero-order chi connectivity index (χ0) is 40.4. The van der Waals surface area contributed by atoms with Gasteiger partial charge in [-0.2, -0.15) is 0 Å². The molecule has 57 heavy (non-hydrogen) atoms. The van der Waals surface area contributed by atoms with Crippen LogP contribution in [0.15, 0.2) is 71.8 Å². The summed E-state index contributed by atoms with van der Waals surface area (Å²) in [4.78, 5) is 27.9. The lowest BCUT2D eigenvalue weighted by molar-refractivity contribution is -0.0472. The van der Waals surface area contributed by atoms with Crippen LogP contribution in [0, 0.1) is 52.9 Å². The summed E-state index contributed by atoms with van der Waals surface area (Å²) < 4.78 is 48.8. The molecule has 0 aromatic heterocycles. The molecule has 10 atom stereocenters. The molecule has 2 aromatic rings. The molecule has 3 saturated carbocycles. The molecule has 10 nitrogen and oxygen atoms in total. The molecule has 7 rings (SSSR count). The minimum Gasteiger partial charge on any atom is -0.445 e. The van der Waals surface area contributed by atoms with Crippen LogP contribution >= 0.6 is 0 Å². The van der Waals surface area contributed by atoms with Gasteiger partial charge in [0.15, 0.2) is 0 Å². The van der Waals surface area contributed by atoms with Crippen LogP contribution in [-0.2, 0) is 37.6 Å². The number of benzene rings is 2. The second kappa shape index (κ2) is 17.1. The van der Waals surface area contributed by atoms with Gasteiger partial charge >= 0.3 is 28.5 Å². The number of hydrogen-bond donors (Lipinski definition) is 1. The van der Waals surface area contributed by atoms with E-state index in [-0.39, 0.29) is 48.2 Å². The van der Waals surface area contributed by atoms with Crippen LogP contribution < -0.4 is 4.72 Å². The Morgan fingerprint density at radius 1 is 1.00 bits per heavy atom. The Labute approximate surface area is 340 Å². The molecule has 2 aromatic carbocycles. The molecule has 5 aliphatic rings. The van der Waals surface area contributed by atoms with Crippen LogP contribution in [0.4, 0.5) is 9.59 Å². The van der Waals surface area contributed by atoms with Crippen molar-refractivity contribution in [1.82, 2.24) is 9.62 Å². The predicted molar refractivity (Wildman–Crippen MR) is 220 cm³/mol. The number of nitrogens with one attached hydrogen (secondary N) is 1. The van der Waals surface area contributed by atoms with Gasteiger partial charge in [0.1, 0.15) is 13.2 Å². The number of fused-ring (bicyclic) bond motifs is 5. The molecule has 1 aliphatic heterocycles. The number of carbonyl (C=O) groups excluding carboxylic acids is 2. The Hall–Kier alpha value is -3.88. The second-order valence-corrected chi connectivity index (χ2v) is 19.5. The van der Waals surface area contributed by atoms with Gasteiger partial charge in [0.05, 0.1) is 28.4 Å². The van der Waals surface area contributed by atoms with Crippen molar-refractivity contribution >= 4 is 22.4 Å². The first-order valence-corrected chi connectivity index (χ1v) is 22.8. The molecule has 0 bridgehead atoms. The van der Waals surface area contributed by atoms with E-state index < -0.39 is 16.3 Å². The zero-order valence-electron chi connectivity index (χ0n) is 34.5. The van der Waals surface area contributed by atoms with E-state index in [1.165, 1.54) is 12.0 Å². The minimum absolute atomic E-state index is 0.0304. The van der Waals surface area contributed by atoms with E-state index in [9.17, 15) is 18.0 Å². The predicted octanol–water partition coefficient (Wildman–Crippen LogP) is 9.92. The van der Waals surface area contributed by atoms with E-state index in [0.29, 0.717) is 42.7 Å². The summed E-state index contributed by atoms with van der Waals surface area (Å²) >= 11 is 0. The highest BCUT2D eigenvalue weighted by Crippen LogP contribution is 2.65. The molecule has 1 spiro atoms. The summed E-state index contributed by atoms with van der Waals surface area (Å²) in [6.07, 6.45) is 8.80. The molecule has 0 radical (unpaired) electrons. The van der Waals surface area contributed by atoms with E-state index >= 15 is 0 Å². The van der Waals surface area contributed by atoms with E-state index in [0.717, 1.165) is 68.9 Å². The second-order valence-electron chi connectivity index (χ2n) is 18.2. The van der Waals surface area contributed by atoms with Gasteiger partial charge in [-0.05, 0) is 111 Å². The number of carbonyl (C=O) groups is 2. The highest BCUT2D eigenvalue weighted by molar-refractivity contribution is 7.92. The third-order valence-corrected chi connectivity index (χ3v) is 15.7. The van der Waals surface area contributed by atoms with Crippen LogP contribution in [0.3, 0.4) is 0 Å². The van der Waals surface area contributed by atoms with Crippen LogP contribution in [0.25, 0.3) is 4.25 Å². The molecule has 1 N–H and O–H groups in total. The third-order valence-electron chi connectivity index (χ3n) is 14.9. The Kier molecular flexibility index (Phi) is 12.4. The van der Waals surface area contributed by atoms with E-state index in [1.807, 2.05) is 58.2 Å². The topological polar surface area (TPSA) is 116 Å². The summed E-state index contributed by atoms with van der Waals surface area (Å²) in [5.41, 5.74) is 4.76. The summed E-state index contributed by atoms with van der Waals surface area (Å²) in [5.74, 6) is 2.72. The Morgan fingerprint density at radius 2 is 1.68 bits per heavy atom. The van der Waals surface area contributed by atoms with Gasteiger partial charge in [-0.1, -0.05) is 106 Å². The third kappa shape index (κ3) is 8.92. The quantitative estimate of drug-likeness (QED) is 0.251. The Morgan fingerprint density at radius 3 is 2.37 bits per heavy atom. The molecule has 4 fully saturated rings. The van der Waals surface area contributed by atoms with Crippen molar-refractivity contribution in [3.05, 3.63) is 87.2 Å². The lowest BCUT2D eigenvalue weighted by Crippen LogP contribution is -2.49. The van der Waals surface area contributed by atoms with E-state index in [2.05, 4.69) is 44.9 Å². The Bertz CT molecular complexity index is 1960. The SMILES string of the molecule is CC[C@H](C)CN(C(=O)OCc1ccccc1)[C@@H]1CO[C@]2(CC[C@@H]3C(=C(C)C2)C[C@H]2[C@H]3CC[C@@H]3CC(C#[N+]S(=O)(=O)NC(=O)OCc4ccccc4)CC[C@@]32C)[C@@H]1C. The molecule has 2 amide bonds. The van der Waals surface area contributed by atoms with Gasteiger partial charge in [0.25, 0.3) is 0 Å². The van der Waals surface area contributed by atoms with Crippen molar-refractivity contribution < 1.29 is 32.2 Å². The van der Waals surface area contributed by atoms with Crippen molar-refractivity contribution in [2.75, 3.05) is 13.2 Å². The van der Waals surface area contributed by atoms with Crippen LogP contribution in [0.2, 0.25) is 0 Å². The molecule has 1 saturated heterocycles. The fourth-order valence-electron chi connectivity index (χ4n) is 11.4. The number of ether oxygens (including phenoxy) is 3. The van der Waals surface area contributed by atoms with Crippen molar-refractivity contribution in [3.63, 3.8) is 0 Å². The minimum atomic E-state index is -4.27. The molecule has 11 heteroatoms. The largest absolute Gasteiger partial charge is 0.589 e. The summed E-state index contributed by atoms with van der Waals surface area (Å²) in [7, 11) is -4.27. The van der Waals surface area contributed by atoms with Crippen molar-refractivity contribution in [2.24, 2.45) is 46.8 Å². The smallest absolute Gasteiger partial charge is 0.445 e. The molecular formula is C46H62N3O7S+. The van der Waals surface area contributed by atoms with Gasteiger partial charge < -0.3 is 19.1 Å². The highest BCUT2D eigenvalue weighted by Gasteiger charge is 2.59. The van der Waals surface area contributed by atoms with Crippen LogP contribution in [0.1, 0.15) is 110 Å². The number of hydrogen-bond acceptors (Lipinski definition) is 7. The number of allylic oxidation sites excluding steroid dienone is 1. The van der Waals surface area contributed by atoms with Crippen molar-refractivity contribution in [1.29, 1.82) is 0 Å². The molecule has 308 valence electrons. The summed E-state index contributed by atoms with van der Waals surface area (Å²) in [5, 5.41) is 0. The van der Waals surface area contributed by atoms with Gasteiger partial charge in [0.2, 0.25) is 0 Å². The number of nitrogens with zero attached hydrogens (tertiary/aromatic N) is 2. The first-order valence-electron chi connectivity index (χ1n) is 21.3. The lowest BCUT2D eigenvalue weighted by Gasteiger charge is -2.53. The first kappa shape index (κ1) is 41.3. The normalized spacial score (nSPS) is 32.5. The maximum Gasteiger partial charge on any atom is 0.589 e. The van der Waals surface area contributed by atoms with Gasteiger partial charge in [-0.25, -0.2) is 9.59 Å². The fraction of sp³-hybridized carbons (Fsp3) is 0.630. The first-order chi connectivity index (χ1) is 27.3. The van der Waals surface area contributed by atoms with Crippen LogP contribution in [-0.4, -0.2) is 50.3 Å². The molecule has 1 heterocycles. The maximum atomic E-state index is 13.8. The van der Waals surface area contributed by atoms with Crippen molar-refractivity contribution in [3.8, 4) is 6.07 Å². The van der Waals surface area contributed by atoms with Gasteiger partial charge in [-0.15, -0.1) is 13.1 Å². The average molecular weight is 801 g/mol. The molecular weight excluding hydrogens is 739 g/mol. The van der Waals surface area contributed by atoms with Gasteiger partial charge in [-0.3, -0.25) is 0 Å². The van der Waals surface area contributed by atoms with Gasteiger partial charge in [0, 0.05) is 12.5 Å².